The summed E-state index contributed by atoms with van der Waals surface area (Å²) >= 11 is 0. The molecule has 1 atom stereocenters. The van der Waals surface area contributed by atoms with E-state index < -0.39 is 0 Å². The predicted octanol–water partition coefficient (Wildman–Crippen LogP) is 3.48. The molecule has 1 saturated carbocycles. The average molecular weight is 207 g/mol. The maximum Gasteiger partial charge on any atom is 0.0103 e. The zero-order valence-electron chi connectivity index (χ0n) is 10.1. The molecule has 15 heavy (non-hydrogen) atoms. The van der Waals surface area contributed by atoms with Gasteiger partial charge in [0.05, 0.1) is 0 Å². The maximum atomic E-state index is 6.13. The van der Waals surface area contributed by atoms with E-state index in [4.69, 9.17) is 5.73 Å². The Hall–Kier alpha value is -0.480. The van der Waals surface area contributed by atoms with Crippen molar-refractivity contribution in [2.24, 2.45) is 11.7 Å². The zero-order valence-corrected chi connectivity index (χ0v) is 10.1. The highest BCUT2D eigenvalue weighted by molar-refractivity contribution is 4.95. The van der Waals surface area contributed by atoms with E-state index in [-0.39, 0.29) is 0 Å². The quantitative estimate of drug-likeness (QED) is 0.554. The van der Waals surface area contributed by atoms with Gasteiger partial charge >= 0.3 is 0 Å². The number of nitrogens with two attached hydrogens (primary N) is 1. The van der Waals surface area contributed by atoms with Crippen molar-refractivity contribution >= 4 is 0 Å². The zero-order chi connectivity index (χ0) is 10.9. The molecule has 0 radical (unpaired) electrons. The third-order valence-corrected chi connectivity index (χ3v) is 3.43. The largest absolute Gasteiger partial charge is 0.328 e. The van der Waals surface area contributed by atoms with Gasteiger partial charge in [0.25, 0.3) is 0 Å². The van der Waals surface area contributed by atoms with Gasteiger partial charge in [-0.15, -0.1) is 11.8 Å². The fourth-order valence-corrected chi connectivity index (χ4v) is 2.53. The number of hydrogen-bond acceptors (Lipinski definition) is 1. The highest BCUT2D eigenvalue weighted by atomic mass is 14.6. The second kappa shape index (κ2) is 7.77. The van der Waals surface area contributed by atoms with Crippen molar-refractivity contribution in [1.29, 1.82) is 0 Å². The lowest BCUT2D eigenvalue weighted by atomic mass is 9.91. The Balaban J connectivity index is 2.16. The summed E-state index contributed by atoms with van der Waals surface area (Å²) in [5, 5.41) is 0. The van der Waals surface area contributed by atoms with Crippen molar-refractivity contribution in [3.8, 4) is 11.8 Å². The molecule has 1 fully saturated rings. The molecule has 0 aromatic heterocycles. The Morgan fingerprint density at radius 3 is 2.47 bits per heavy atom. The minimum atomic E-state index is 0.383. The van der Waals surface area contributed by atoms with Gasteiger partial charge in [-0.25, -0.2) is 0 Å². The van der Waals surface area contributed by atoms with Crippen LogP contribution < -0.4 is 5.73 Å². The van der Waals surface area contributed by atoms with E-state index in [1.54, 1.807) is 0 Å². The summed E-state index contributed by atoms with van der Waals surface area (Å²) < 4.78 is 0. The second-order valence-corrected chi connectivity index (χ2v) is 4.82. The van der Waals surface area contributed by atoms with Gasteiger partial charge in [-0.05, 0) is 25.7 Å². The molecule has 0 amide bonds. The van der Waals surface area contributed by atoms with Gasteiger partial charge in [-0.1, -0.05) is 38.5 Å². The number of hydrogen-bond donors (Lipinski definition) is 1. The molecule has 0 saturated heterocycles. The van der Waals surface area contributed by atoms with Crippen LogP contribution >= 0.6 is 0 Å². The van der Waals surface area contributed by atoms with Crippen molar-refractivity contribution in [2.45, 2.75) is 70.8 Å². The van der Waals surface area contributed by atoms with Gasteiger partial charge in [0.2, 0.25) is 0 Å². The Kier molecular flexibility index (Phi) is 6.52. The normalized spacial score (nSPS) is 20.1. The lowest BCUT2D eigenvalue weighted by molar-refractivity contribution is 0.380. The fraction of sp³-hybridized carbons (Fsp3) is 0.857. The molecule has 0 heterocycles. The molecular weight excluding hydrogens is 182 g/mol. The summed E-state index contributed by atoms with van der Waals surface area (Å²) in [5.74, 6) is 6.93. The van der Waals surface area contributed by atoms with Crippen LogP contribution in [-0.2, 0) is 0 Å². The summed E-state index contributed by atoms with van der Waals surface area (Å²) in [7, 11) is 0. The van der Waals surface area contributed by atoms with Crippen LogP contribution in [0.4, 0.5) is 0 Å². The standard InChI is InChI=1S/C14H25N/c1-2-3-6-11-14(15)12-13-9-7-4-5-8-10-13/h13-14H,4-12,15H2,1H3. The average Bonchev–Trinajstić information content (AvgIpc) is 2.47. The van der Waals surface area contributed by atoms with Crippen molar-refractivity contribution in [2.75, 3.05) is 0 Å². The summed E-state index contributed by atoms with van der Waals surface area (Å²) in [5.41, 5.74) is 6.13. The van der Waals surface area contributed by atoms with Crippen molar-refractivity contribution in [3.05, 3.63) is 0 Å². The van der Waals surface area contributed by atoms with Crippen LogP contribution in [0.3, 0.4) is 0 Å². The van der Waals surface area contributed by atoms with Gasteiger partial charge in [0.1, 0.15) is 0 Å². The molecule has 0 spiro atoms. The van der Waals surface area contributed by atoms with E-state index in [0.29, 0.717) is 6.04 Å². The first-order valence-electron chi connectivity index (χ1n) is 6.48. The van der Waals surface area contributed by atoms with Gasteiger partial charge in [0.15, 0.2) is 0 Å². The van der Waals surface area contributed by atoms with Crippen molar-refractivity contribution < 1.29 is 0 Å². The van der Waals surface area contributed by atoms with Crippen LogP contribution in [0.2, 0.25) is 0 Å². The van der Waals surface area contributed by atoms with E-state index in [1.807, 2.05) is 6.92 Å². The Morgan fingerprint density at radius 1 is 1.20 bits per heavy atom. The fourth-order valence-electron chi connectivity index (χ4n) is 2.53. The monoisotopic (exact) mass is 207 g/mol. The van der Waals surface area contributed by atoms with Gasteiger partial charge in [-0.3, -0.25) is 0 Å². The van der Waals surface area contributed by atoms with Gasteiger partial charge in [0, 0.05) is 12.5 Å². The minimum Gasteiger partial charge on any atom is -0.328 e. The summed E-state index contributed by atoms with van der Waals surface area (Å²) in [6.45, 7) is 1.90. The molecule has 1 aliphatic carbocycles. The highest BCUT2D eigenvalue weighted by Gasteiger charge is 2.15. The minimum absolute atomic E-state index is 0.383. The van der Waals surface area contributed by atoms with Crippen LogP contribution in [0.5, 0.6) is 0 Å². The lowest BCUT2D eigenvalue weighted by Gasteiger charge is -2.18. The van der Waals surface area contributed by atoms with Gasteiger partial charge in [-0.2, -0.15) is 0 Å². The molecule has 0 aliphatic heterocycles. The van der Waals surface area contributed by atoms with E-state index >= 15 is 0 Å². The molecule has 86 valence electrons. The van der Waals surface area contributed by atoms with Crippen LogP contribution in [0.1, 0.15) is 64.7 Å². The van der Waals surface area contributed by atoms with E-state index in [9.17, 15) is 0 Å². The van der Waals surface area contributed by atoms with Gasteiger partial charge < -0.3 is 5.73 Å². The van der Waals surface area contributed by atoms with Crippen LogP contribution in [0.15, 0.2) is 0 Å². The van der Waals surface area contributed by atoms with Crippen LogP contribution in [0, 0.1) is 17.8 Å². The summed E-state index contributed by atoms with van der Waals surface area (Å²) in [4.78, 5) is 0. The molecule has 1 aliphatic rings. The van der Waals surface area contributed by atoms with E-state index in [1.165, 1.54) is 44.9 Å². The van der Waals surface area contributed by atoms with E-state index in [2.05, 4.69) is 11.8 Å². The Bertz CT molecular complexity index is 203. The molecule has 2 N–H and O–H groups in total. The topological polar surface area (TPSA) is 26.0 Å². The predicted molar refractivity (Wildman–Crippen MR) is 66.5 cm³/mol. The van der Waals surface area contributed by atoms with Crippen LogP contribution in [-0.4, -0.2) is 6.04 Å². The first-order chi connectivity index (χ1) is 7.33. The summed E-state index contributed by atoms with van der Waals surface area (Å²) in [6, 6.07) is 0.383. The Labute approximate surface area is 94.8 Å². The third kappa shape index (κ3) is 5.85. The molecule has 0 aromatic carbocycles. The second-order valence-electron chi connectivity index (χ2n) is 4.82. The molecule has 0 bridgehead atoms. The SMILES string of the molecule is CC#CCCC(N)CC1CCCCCC1. The first-order valence-corrected chi connectivity index (χ1v) is 6.48. The summed E-state index contributed by atoms with van der Waals surface area (Å²) in [6.07, 6.45) is 11.8. The molecule has 0 aromatic rings. The lowest BCUT2D eigenvalue weighted by Crippen LogP contribution is -2.23. The van der Waals surface area contributed by atoms with E-state index in [0.717, 1.165) is 18.8 Å². The molecule has 1 unspecified atom stereocenters. The van der Waals surface area contributed by atoms with Crippen molar-refractivity contribution in [3.63, 3.8) is 0 Å². The number of rotatable bonds is 4. The molecule has 1 nitrogen and oxygen atoms in total. The molecule has 1 heteroatoms. The maximum absolute atomic E-state index is 6.13. The van der Waals surface area contributed by atoms with Crippen molar-refractivity contribution in [1.82, 2.24) is 0 Å². The van der Waals surface area contributed by atoms with Crippen LogP contribution in [0.25, 0.3) is 0 Å². The Morgan fingerprint density at radius 2 is 1.87 bits per heavy atom. The highest BCUT2D eigenvalue weighted by Crippen LogP contribution is 2.26. The third-order valence-electron chi connectivity index (χ3n) is 3.43. The molecule has 1 rings (SSSR count). The molecular formula is C14H25N. The smallest absolute Gasteiger partial charge is 0.0103 e. The first kappa shape index (κ1) is 12.6.